The SMILES string of the molecule is CCn1cc(S(=O)O)nn1. The van der Waals surface area contributed by atoms with E-state index in [-0.39, 0.29) is 5.03 Å². The van der Waals surface area contributed by atoms with Crippen molar-refractivity contribution in [3.8, 4) is 0 Å². The molecule has 5 nitrogen and oxygen atoms in total. The first-order chi connectivity index (χ1) is 4.74. The molecule has 0 aliphatic rings. The third-order valence-corrected chi connectivity index (χ3v) is 1.57. The highest BCUT2D eigenvalue weighted by molar-refractivity contribution is 7.79. The van der Waals surface area contributed by atoms with E-state index in [0.29, 0.717) is 6.54 Å². The number of rotatable bonds is 2. The number of hydrogen-bond donors (Lipinski definition) is 1. The predicted octanol–water partition coefficient (Wildman–Crippen LogP) is -0.121. The van der Waals surface area contributed by atoms with Gasteiger partial charge in [-0.15, -0.1) is 5.10 Å². The molecule has 10 heavy (non-hydrogen) atoms. The van der Waals surface area contributed by atoms with Gasteiger partial charge in [-0.1, -0.05) is 5.21 Å². The van der Waals surface area contributed by atoms with Crippen LogP contribution in [0.2, 0.25) is 0 Å². The van der Waals surface area contributed by atoms with Crippen molar-refractivity contribution in [2.75, 3.05) is 0 Å². The van der Waals surface area contributed by atoms with Crippen molar-refractivity contribution in [2.45, 2.75) is 18.5 Å². The summed E-state index contributed by atoms with van der Waals surface area (Å²) in [6.07, 6.45) is 1.44. The summed E-state index contributed by atoms with van der Waals surface area (Å²) in [4.78, 5) is 0. The summed E-state index contributed by atoms with van der Waals surface area (Å²) in [7, 11) is 0. The van der Waals surface area contributed by atoms with E-state index in [9.17, 15) is 4.21 Å². The molecule has 0 aliphatic heterocycles. The second-order valence-electron chi connectivity index (χ2n) is 1.66. The van der Waals surface area contributed by atoms with Gasteiger partial charge in [0.15, 0.2) is 5.03 Å². The van der Waals surface area contributed by atoms with Gasteiger partial charge in [0.05, 0.1) is 6.20 Å². The summed E-state index contributed by atoms with van der Waals surface area (Å²) in [5.41, 5.74) is 0. The highest BCUT2D eigenvalue weighted by Gasteiger charge is 2.03. The lowest BCUT2D eigenvalue weighted by atomic mass is 10.7. The van der Waals surface area contributed by atoms with Crippen molar-refractivity contribution in [2.24, 2.45) is 0 Å². The van der Waals surface area contributed by atoms with Gasteiger partial charge >= 0.3 is 0 Å². The zero-order chi connectivity index (χ0) is 7.56. The first kappa shape index (κ1) is 7.36. The minimum absolute atomic E-state index is 0.0989. The van der Waals surface area contributed by atoms with Gasteiger partial charge in [0.1, 0.15) is 0 Å². The number of hydrogen-bond acceptors (Lipinski definition) is 3. The fraction of sp³-hybridized carbons (Fsp3) is 0.500. The van der Waals surface area contributed by atoms with Crippen LogP contribution in [-0.4, -0.2) is 23.8 Å². The molecule has 0 spiro atoms. The lowest BCUT2D eigenvalue weighted by Crippen LogP contribution is -1.93. The first-order valence-electron chi connectivity index (χ1n) is 2.75. The third-order valence-electron chi connectivity index (χ3n) is 1.02. The Morgan fingerprint density at radius 1 is 1.90 bits per heavy atom. The molecule has 0 saturated carbocycles. The molecule has 0 saturated heterocycles. The molecule has 0 fully saturated rings. The molecule has 1 rings (SSSR count). The van der Waals surface area contributed by atoms with E-state index in [1.54, 1.807) is 0 Å². The highest BCUT2D eigenvalue weighted by Crippen LogP contribution is 1.96. The smallest absolute Gasteiger partial charge is 0.209 e. The Hall–Kier alpha value is -0.750. The number of nitrogens with zero attached hydrogens (tertiary/aromatic N) is 3. The maximum Gasteiger partial charge on any atom is 0.209 e. The summed E-state index contributed by atoms with van der Waals surface area (Å²) in [6, 6.07) is 0. The molecule has 1 aromatic rings. The largest absolute Gasteiger partial charge is 0.301 e. The Balaban J connectivity index is 2.88. The van der Waals surface area contributed by atoms with E-state index in [1.165, 1.54) is 10.9 Å². The minimum Gasteiger partial charge on any atom is -0.301 e. The van der Waals surface area contributed by atoms with Gasteiger partial charge in [-0.25, -0.2) is 4.21 Å². The van der Waals surface area contributed by atoms with E-state index in [0.717, 1.165) is 0 Å². The average Bonchev–Trinajstić information content (AvgIpc) is 2.34. The summed E-state index contributed by atoms with van der Waals surface area (Å²) >= 11 is -2.00. The molecule has 6 heteroatoms. The van der Waals surface area contributed by atoms with Crippen LogP contribution in [0.25, 0.3) is 0 Å². The molecular formula is C4H7N3O2S. The van der Waals surface area contributed by atoms with E-state index in [1.807, 2.05) is 6.92 Å². The van der Waals surface area contributed by atoms with Crippen molar-refractivity contribution in [3.05, 3.63) is 6.20 Å². The quantitative estimate of drug-likeness (QED) is 0.614. The van der Waals surface area contributed by atoms with Gasteiger partial charge < -0.3 is 4.55 Å². The summed E-state index contributed by atoms with van der Waals surface area (Å²) in [5, 5.41) is 7.12. The maximum absolute atomic E-state index is 10.3. The van der Waals surface area contributed by atoms with Gasteiger partial charge in [-0.05, 0) is 6.92 Å². The minimum atomic E-state index is -2.00. The van der Waals surface area contributed by atoms with Gasteiger partial charge in [0.2, 0.25) is 11.1 Å². The Bertz CT molecular complexity index is 246. The summed E-state index contributed by atoms with van der Waals surface area (Å²) < 4.78 is 20.3. The van der Waals surface area contributed by atoms with Gasteiger partial charge in [0, 0.05) is 6.54 Å². The molecule has 0 amide bonds. The molecule has 0 bridgehead atoms. The molecule has 0 aromatic carbocycles. The van der Waals surface area contributed by atoms with Crippen LogP contribution in [0.1, 0.15) is 6.92 Å². The van der Waals surface area contributed by atoms with Crippen LogP contribution in [0.5, 0.6) is 0 Å². The fourth-order valence-corrected chi connectivity index (χ4v) is 0.833. The summed E-state index contributed by atoms with van der Waals surface area (Å²) in [6.45, 7) is 2.53. The second-order valence-corrected chi connectivity index (χ2v) is 2.58. The molecule has 56 valence electrons. The van der Waals surface area contributed by atoms with E-state index in [4.69, 9.17) is 4.55 Å². The fourth-order valence-electron chi connectivity index (χ4n) is 0.515. The van der Waals surface area contributed by atoms with Crippen LogP contribution >= 0.6 is 0 Å². The van der Waals surface area contributed by atoms with Crippen molar-refractivity contribution in [1.82, 2.24) is 15.0 Å². The third kappa shape index (κ3) is 1.39. The van der Waals surface area contributed by atoms with Crippen LogP contribution in [0.3, 0.4) is 0 Å². The zero-order valence-corrected chi connectivity index (χ0v) is 6.21. The Kier molecular flexibility index (Phi) is 2.13. The van der Waals surface area contributed by atoms with Crippen LogP contribution < -0.4 is 0 Å². The van der Waals surface area contributed by atoms with Crippen LogP contribution in [-0.2, 0) is 17.6 Å². The summed E-state index contributed by atoms with van der Waals surface area (Å²) in [5.74, 6) is 0. The van der Waals surface area contributed by atoms with Gasteiger partial charge in [-0.2, -0.15) is 0 Å². The van der Waals surface area contributed by atoms with Crippen molar-refractivity contribution in [3.63, 3.8) is 0 Å². The molecule has 1 aromatic heterocycles. The maximum atomic E-state index is 10.3. The first-order valence-corrected chi connectivity index (χ1v) is 3.85. The Labute approximate surface area is 60.3 Å². The normalized spacial score (nSPS) is 13.4. The average molecular weight is 161 g/mol. The highest BCUT2D eigenvalue weighted by atomic mass is 32.2. The monoisotopic (exact) mass is 161 g/mol. The second kappa shape index (κ2) is 2.89. The Morgan fingerprint density at radius 3 is 2.90 bits per heavy atom. The Morgan fingerprint density at radius 2 is 2.60 bits per heavy atom. The lowest BCUT2D eigenvalue weighted by molar-refractivity contribution is 0.560. The number of aromatic nitrogens is 3. The lowest BCUT2D eigenvalue weighted by Gasteiger charge is -1.86. The van der Waals surface area contributed by atoms with Crippen molar-refractivity contribution >= 4 is 11.1 Å². The predicted molar refractivity (Wildman–Crippen MR) is 34.7 cm³/mol. The standard InChI is InChI=1S/C4H7N3O2S/c1-2-7-3-4(5-6-7)10(8)9/h3H,2H2,1H3,(H,8,9). The van der Waals surface area contributed by atoms with E-state index < -0.39 is 11.1 Å². The van der Waals surface area contributed by atoms with Gasteiger partial charge in [-0.3, -0.25) is 4.68 Å². The molecule has 0 aliphatic carbocycles. The molecule has 1 heterocycles. The molecule has 1 unspecified atom stereocenters. The topological polar surface area (TPSA) is 68.0 Å². The van der Waals surface area contributed by atoms with Crippen LogP contribution in [0, 0.1) is 0 Å². The van der Waals surface area contributed by atoms with Crippen LogP contribution in [0.15, 0.2) is 11.2 Å². The van der Waals surface area contributed by atoms with Crippen molar-refractivity contribution in [1.29, 1.82) is 0 Å². The number of aryl methyl sites for hydroxylation is 1. The molecule has 1 N–H and O–H groups in total. The van der Waals surface area contributed by atoms with Gasteiger partial charge in [0.25, 0.3) is 0 Å². The van der Waals surface area contributed by atoms with E-state index in [2.05, 4.69) is 10.3 Å². The zero-order valence-electron chi connectivity index (χ0n) is 5.39. The molecular weight excluding hydrogens is 154 g/mol. The van der Waals surface area contributed by atoms with Crippen LogP contribution in [0.4, 0.5) is 0 Å². The molecule has 1 atom stereocenters. The molecule has 0 radical (unpaired) electrons. The van der Waals surface area contributed by atoms with Crippen molar-refractivity contribution < 1.29 is 8.76 Å². The van der Waals surface area contributed by atoms with E-state index >= 15 is 0 Å².